The molecule has 0 aliphatic carbocycles. The number of nitrogens with zero attached hydrogens (tertiary/aromatic N) is 2. The number of rotatable bonds is 5. The number of anilines is 1. The molecule has 2 aromatic rings. The highest BCUT2D eigenvalue weighted by atomic mass is 32.1. The molecule has 20 heavy (non-hydrogen) atoms. The van der Waals surface area contributed by atoms with E-state index in [0.717, 1.165) is 22.7 Å². The van der Waals surface area contributed by atoms with Gasteiger partial charge < -0.3 is 5.32 Å². The Hall–Kier alpha value is -1.95. The first-order chi connectivity index (χ1) is 9.51. The van der Waals surface area contributed by atoms with Crippen LogP contribution in [0.3, 0.4) is 0 Å². The van der Waals surface area contributed by atoms with Gasteiger partial charge in [-0.1, -0.05) is 13.0 Å². The van der Waals surface area contributed by atoms with Gasteiger partial charge in [0.2, 0.25) is 0 Å². The zero-order valence-electron chi connectivity index (χ0n) is 11.7. The van der Waals surface area contributed by atoms with Crippen molar-refractivity contribution >= 4 is 22.7 Å². The molecule has 1 aromatic heterocycles. The van der Waals surface area contributed by atoms with Gasteiger partial charge in [-0.25, -0.2) is 4.98 Å². The average molecular weight is 291 g/mol. The van der Waals surface area contributed by atoms with E-state index in [1.54, 1.807) is 23.5 Å². The maximum Gasteiger partial charge on any atom is 0.271 e. The number of non-ortho nitro benzene ring substituents is 1. The number of hydrogen-bond acceptors (Lipinski definition) is 5. The van der Waals surface area contributed by atoms with Gasteiger partial charge >= 0.3 is 0 Å². The Kier molecular flexibility index (Phi) is 4.34. The largest absolute Gasteiger partial charge is 0.376 e. The normalized spacial score (nSPS) is 12.2. The van der Waals surface area contributed by atoms with E-state index in [1.807, 2.05) is 20.0 Å². The molecule has 1 N–H and O–H groups in total. The molecule has 6 heteroatoms. The second kappa shape index (κ2) is 6.00. The molecule has 0 saturated carbocycles. The minimum Gasteiger partial charge on any atom is -0.376 e. The number of thiazole rings is 1. The lowest BCUT2D eigenvalue weighted by molar-refractivity contribution is -0.384. The SMILES string of the molecule is CCc1cnc(C(C)Nc2cc([N+](=O)[O-])ccc2C)s1. The summed E-state index contributed by atoms with van der Waals surface area (Å²) in [4.78, 5) is 16.1. The van der Waals surface area contributed by atoms with Gasteiger partial charge in [0.05, 0.1) is 11.0 Å². The van der Waals surface area contributed by atoms with Crippen molar-refractivity contribution in [1.29, 1.82) is 0 Å². The van der Waals surface area contributed by atoms with Crippen LogP contribution in [0.25, 0.3) is 0 Å². The van der Waals surface area contributed by atoms with Crippen LogP contribution in [0, 0.1) is 17.0 Å². The second-order valence-corrected chi connectivity index (χ2v) is 5.79. The van der Waals surface area contributed by atoms with Gasteiger partial charge in [-0.3, -0.25) is 10.1 Å². The molecular weight excluding hydrogens is 274 g/mol. The smallest absolute Gasteiger partial charge is 0.271 e. The third kappa shape index (κ3) is 3.14. The molecule has 1 heterocycles. The van der Waals surface area contributed by atoms with Crippen LogP contribution < -0.4 is 5.32 Å². The third-order valence-electron chi connectivity index (χ3n) is 3.09. The molecule has 106 valence electrons. The summed E-state index contributed by atoms with van der Waals surface area (Å²) in [6.07, 6.45) is 2.86. The van der Waals surface area contributed by atoms with Gasteiger partial charge in [0.1, 0.15) is 5.01 Å². The summed E-state index contributed by atoms with van der Waals surface area (Å²) < 4.78 is 0. The highest BCUT2D eigenvalue weighted by molar-refractivity contribution is 7.11. The van der Waals surface area contributed by atoms with Gasteiger partial charge in [0.15, 0.2) is 0 Å². The molecule has 0 bridgehead atoms. The van der Waals surface area contributed by atoms with E-state index >= 15 is 0 Å². The van der Waals surface area contributed by atoms with E-state index < -0.39 is 0 Å². The lowest BCUT2D eigenvalue weighted by Crippen LogP contribution is -2.07. The number of nitro groups is 1. The van der Waals surface area contributed by atoms with Gasteiger partial charge in [-0.15, -0.1) is 11.3 Å². The van der Waals surface area contributed by atoms with Crippen LogP contribution in [0.15, 0.2) is 24.4 Å². The number of benzene rings is 1. The Labute approximate surface area is 121 Å². The number of nitrogens with one attached hydrogen (secondary N) is 1. The Morgan fingerprint density at radius 3 is 2.85 bits per heavy atom. The molecule has 0 spiro atoms. The summed E-state index contributed by atoms with van der Waals surface area (Å²) >= 11 is 1.67. The number of aryl methyl sites for hydroxylation is 2. The van der Waals surface area contributed by atoms with Crippen molar-refractivity contribution in [3.63, 3.8) is 0 Å². The quantitative estimate of drug-likeness (QED) is 0.665. The zero-order chi connectivity index (χ0) is 14.7. The van der Waals surface area contributed by atoms with Gasteiger partial charge in [-0.2, -0.15) is 0 Å². The molecule has 0 radical (unpaired) electrons. The summed E-state index contributed by atoms with van der Waals surface area (Å²) in [7, 11) is 0. The molecule has 1 aromatic carbocycles. The minimum atomic E-state index is -0.381. The molecule has 1 atom stereocenters. The topological polar surface area (TPSA) is 68.1 Å². The summed E-state index contributed by atoms with van der Waals surface area (Å²) in [5, 5.41) is 15.1. The Morgan fingerprint density at radius 1 is 1.50 bits per heavy atom. The van der Waals surface area contributed by atoms with E-state index in [9.17, 15) is 10.1 Å². The van der Waals surface area contributed by atoms with E-state index in [1.165, 1.54) is 10.9 Å². The summed E-state index contributed by atoms with van der Waals surface area (Å²) in [6, 6.07) is 4.87. The second-order valence-electron chi connectivity index (χ2n) is 4.64. The van der Waals surface area contributed by atoms with Crippen molar-refractivity contribution in [2.24, 2.45) is 0 Å². The van der Waals surface area contributed by atoms with Crippen molar-refractivity contribution < 1.29 is 4.92 Å². The fraction of sp³-hybridized carbons (Fsp3) is 0.357. The highest BCUT2D eigenvalue weighted by Gasteiger charge is 2.14. The van der Waals surface area contributed by atoms with Crippen LogP contribution in [0.5, 0.6) is 0 Å². The van der Waals surface area contributed by atoms with Crippen LogP contribution in [0.1, 0.15) is 35.3 Å². The van der Waals surface area contributed by atoms with Crippen LogP contribution in [-0.2, 0) is 6.42 Å². The van der Waals surface area contributed by atoms with E-state index in [4.69, 9.17) is 0 Å². The van der Waals surface area contributed by atoms with Crippen molar-refractivity contribution in [3.05, 3.63) is 50.0 Å². The van der Waals surface area contributed by atoms with Gasteiger partial charge in [-0.05, 0) is 25.8 Å². The third-order valence-corrected chi connectivity index (χ3v) is 4.42. The average Bonchev–Trinajstić information content (AvgIpc) is 2.89. The number of hydrogen-bond donors (Lipinski definition) is 1. The summed E-state index contributed by atoms with van der Waals surface area (Å²) in [5.41, 5.74) is 1.85. The van der Waals surface area contributed by atoms with Gasteiger partial charge in [0.25, 0.3) is 5.69 Å². The molecule has 0 aliphatic heterocycles. The molecule has 1 unspecified atom stereocenters. The Bertz CT molecular complexity index is 625. The maximum absolute atomic E-state index is 10.8. The van der Waals surface area contributed by atoms with Crippen LogP contribution in [0.4, 0.5) is 11.4 Å². The zero-order valence-corrected chi connectivity index (χ0v) is 12.5. The van der Waals surface area contributed by atoms with Crippen LogP contribution in [0.2, 0.25) is 0 Å². The lowest BCUT2D eigenvalue weighted by atomic mass is 10.1. The Balaban J connectivity index is 2.20. The summed E-state index contributed by atoms with van der Waals surface area (Å²) in [6.45, 7) is 6.04. The Morgan fingerprint density at radius 2 is 2.25 bits per heavy atom. The first kappa shape index (κ1) is 14.5. The van der Waals surface area contributed by atoms with Crippen molar-refractivity contribution in [1.82, 2.24) is 4.98 Å². The first-order valence-corrected chi connectivity index (χ1v) is 7.29. The molecular formula is C14H17N3O2S. The molecule has 0 aliphatic rings. The standard InChI is InChI=1S/C14H17N3O2S/c1-4-12-8-15-14(20-12)10(3)16-13-7-11(17(18)19)6-5-9(13)2/h5-8,10,16H,4H2,1-3H3. The lowest BCUT2D eigenvalue weighted by Gasteiger charge is -2.14. The predicted octanol–water partition coefficient (Wildman–Crippen LogP) is 4.10. The molecule has 5 nitrogen and oxygen atoms in total. The van der Waals surface area contributed by atoms with Gasteiger partial charge in [0, 0.05) is 28.9 Å². The van der Waals surface area contributed by atoms with Crippen molar-refractivity contribution in [2.75, 3.05) is 5.32 Å². The summed E-state index contributed by atoms with van der Waals surface area (Å²) in [5.74, 6) is 0. The van der Waals surface area contributed by atoms with E-state index in [0.29, 0.717) is 0 Å². The maximum atomic E-state index is 10.8. The van der Waals surface area contributed by atoms with Crippen LogP contribution >= 0.6 is 11.3 Å². The molecule has 0 fully saturated rings. The highest BCUT2D eigenvalue weighted by Crippen LogP contribution is 2.28. The number of aromatic nitrogens is 1. The van der Waals surface area contributed by atoms with E-state index in [2.05, 4.69) is 17.2 Å². The first-order valence-electron chi connectivity index (χ1n) is 6.47. The van der Waals surface area contributed by atoms with Crippen molar-refractivity contribution in [3.8, 4) is 0 Å². The minimum absolute atomic E-state index is 0.0287. The predicted molar refractivity (Wildman–Crippen MR) is 81.4 cm³/mol. The fourth-order valence-corrected chi connectivity index (χ4v) is 2.72. The monoisotopic (exact) mass is 291 g/mol. The molecule has 2 rings (SSSR count). The fourth-order valence-electron chi connectivity index (χ4n) is 1.86. The van der Waals surface area contributed by atoms with Crippen molar-refractivity contribution in [2.45, 2.75) is 33.2 Å². The molecule has 0 saturated heterocycles. The number of nitro benzene ring substituents is 1. The molecule has 0 amide bonds. The van der Waals surface area contributed by atoms with Crippen LogP contribution in [-0.4, -0.2) is 9.91 Å². The van der Waals surface area contributed by atoms with E-state index in [-0.39, 0.29) is 16.7 Å².